The van der Waals surface area contributed by atoms with Crippen molar-refractivity contribution in [2.45, 2.75) is 12.8 Å². The van der Waals surface area contributed by atoms with Gasteiger partial charge in [0.2, 0.25) is 0 Å². The first kappa shape index (κ1) is 25.6. The van der Waals surface area contributed by atoms with Crippen molar-refractivity contribution in [3.8, 4) is 23.7 Å². The summed E-state index contributed by atoms with van der Waals surface area (Å²) < 4.78 is 35.1. The number of carbonyl (C=O) groups excluding carboxylic acids is 2. The molecule has 35 heavy (non-hydrogen) atoms. The van der Waals surface area contributed by atoms with Gasteiger partial charge in [-0.05, 0) is 48.3 Å². The zero-order valence-electron chi connectivity index (χ0n) is 19.0. The maximum atomic E-state index is 12.4. The molecule has 0 bridgehead atoms. The lowest BCUT2D eigenvalue weighted by Gasteiger charge is -2.04. The Balaban J connectivity index is 1.84. The van der Waals surface area contributed by atoms with Crippen LogP contribution in [-0.4, -0.2) is 45.1 Å². The molecular weight excluding hydrogens is 464 g/mol. The van der Waals surface area contributed by atoms with Crippen molar-refractivity contribution in [3.05, 3.63) is 82.9 Å². The van der Waals surface area contributed by atoms with Crippen molar-refractivity contribution in [3.63, 3.8) is 0 Å². The molecule has 0 atom stereocenters. The Morgan fingerprint density at radius 2 is 1.06 bits per heavy atom. The SMILES string of the molecule is O=C1/C=C/c2ccccc2C#CCS(=O)(=O)CC#Cc2ccccc2/C=C/C(=O)OCCCCO1. The summed E-state index contributed by atoms with van der Waals surface area (Å²) in [5, 5.41) is 0. The summed E-state index contributed by atoms with van der Waals surface area (Å²) in [4.78, 5) is 24.0. The number of benzene rings is 2. The summed E-state index contributed by atoms with van der Waals surface area (Å²) in [5.74, 6) is 9.39. The van der Waals surface area contributed by atoms with Crippen LogP contribution in [0.25, 0.3) is 12.2 Å². The minimum Gasteiger partial charge on any atom is -0.463 e. The lowest BCUT2D eigenvalue weighted by atomic mass is 10.1. The Kier molecular flexibility index (Phi) is 9.48. The molecule has 178 valence electrons. The van der Waals surface area contributed by atoms with Crippen LogP contribution in [0.3, 0.4) is 0 Å². The molecule has 0 aliphatic carbocycles. The van der Waals surface area contributed by atoms with E-state index >= 15 is 0 Å². The third kappa shape index (κ3) is 9.00. The lowest BCUT2D eigenvalue weighted by Crippen LogP contribution is -2.08. The second-order valence-electron chi connectivity index (χ2n) is 7.52. The largest absolute Gasteiger partial charge is 0.463 e. The molecule has 0 radical (unpaired) electrons. The summed E-state index contributed by atoms with van der Waals surface area (Å²) in [6, 6.07) is 14.2. The van der Waals surface area contributed by atoms with Gasteiger partial charge in [-0.1, -0.05) is 60.1 Å². The first-order chi connectivity index (χ1) is 16.9. The van der Waals surface area contributed by atoms with Crippen LogP contribution >= 0.6 is 0 Å². The summed E-state index contributed by atoms with van der Waals surface area (Å²) in [6.07, 6.45) is 6.84. The van der Waals surface area contributed by atoms with E-state index in [0.29, 0.717) is 35.1 Å². The number of cyclic esters (lactones) is 2. The van der Waals surface area contributed by atoms with Gasteiger partial charge in [0.25, 0.3) is 0 Å². The summed E-state index contributed by atoms with van der Waals surface area (Å²) in [5.41, 5.74) is 2.53. The van der Waals surface area contributed by atoms with Crippen LogP contribution < -0.4 is 0 Å². The maximum Gasteiger partial charge on any atom is 0.330 e. The second-order valence-corrected chi connectivity index (χ2v) is 9.58. The molecule has 0 spiro atoms. The third-order valence-corrected chi connectivity index (χ3v) is 5.95. The molecule has 2 aromatic rings. The Morgan fingerprint density at radius 3 is 1.51 bits per heavy atom. The highest BCUT2D eigenvalue weighted by Gasteiger charge is 2.07. The van der Waals surface area contributed by atoms with Crippen LogP contribution in [0.2, 0.25) is 0 Å². The van der Waals surface area contributed by atoms with Gasteiger partial charge < -0.3 is 9.47 Å². The summed E-state index contributed by atoms with van der Waals surface area (Å²) in [7, 11) is -3.54. The number of ether oxygens (including phenoxy) is 2. The Bertz CT molecular complexity index is 1260. The molecule has 0 N–H and O–H groups in total. The van der Waals surface area contributed by atoms with E-state index in [1.54, 1.807) is 60.7 Å². The van der Waals surface area contributed by atoms with Crippen LogP contribution in [0.4, 0.5) is 0 Å². The second kappa shape index (κ2) is 13.0. The number of carbonyl (C=O) groups is 2. The van der Waals surface area contributed by atoms with Crippen LogP contribution in [0.1, 0.15) is 35.1 Å². The Morgan fingerprint density at radius 1 is 0.629 bits per heavy atom. The average molecular weight is 489 g/mol. The maximum absolute atomic E-state index is 12.4. The van der Waals surface area contributed by atoms with E-state index in [9.17, 15) is 18.0 Å². The minimum absolute atomic E-state index is 0.196. The number of sulfone groups is 1. The van der Waals surface area contributed by atoms with Gasteiger partial charge in [-0.25, -0.2) is 18.0 Å². The van der Waals surface area contributed by atoms with Crippen molar-refractivity contribution in [1.29, 1.82) is 0 Å². The van der Waals surface area contributed by atoms with Crippen LogP contribution in [0, 0.1) is 23.7 Å². The normalized spacial score (nSPS) is 18.5. The molecule has 7 heteroatoms. The number of esters is 2. The number of hydrogen-bond donors (Lipinski definition) is 0. The highest BCUT2D eigenvalue weighted by Crippen LogP contribution is 2.11. The molecule has 1 aliphatic rings. The van der Waals surface area contributed by atoms with E-state index in [1.807, 2.05) is 0 Å². The molecule has 2 aromatic carbocycles. The first-order valence-corrected chi connectivity index (χ1v) is 12.8. The van der Waals surface area contributed by atoms with Gasteiger partial charge in [0.15, 0.2) is 9.84 Å². The van der Waals surface area contributed by atoms with Gasteiger partial charge in [0.05, 0.1) is 13.2 Å². The van der Waals surface area contributed by atoms with E-state index in [4.69, 9.17) is 9.47 Å². The smallest absolute Gasteiger partial charge is 0.330 e. The van der Waals surface area contributed by atoms with Gasteiger partial charge in [-0.2, -0.15) is 0 Å². The van der Waals surface area contributed by atoms with E-state index < -0.39 is 21.8 Å². The van der Waals surface area contributed by atoms with E-state index in [-0.39, 0.29) is 24.7 Å². The van der Waals surface area contributed by atoms with Crippen molar-refractivity contribution in [1.82, 2.24) is 0 Å². The van der Waals surface area contributed by atoms with E-state index in [1.165, 1.54) is 12.2 Å². The van der Waals surface area contributed by atoms with E-state index in [0.717, 1.165) is 0 Å². The Labute approximate surface area is 205 Å². The zero-order chi connectivity index (χ0) is 24.9. The van der Waals surface area contributed by atoms with E-state index in [2.05, 4.69) is 23.7 Å². The van der Waals surface area contributed by atoms with Crippen molar-refractivity contribution >= 4 is 33.9 Å². The van der Waals surface area contributed by atoms with Gasteiger partial charge in [-0.15, -0.1) is 0 Å². The highest BCUT2D eigenvalue weighted by molar-refractivity contribution is 7.91. The molecule has 0 saturated carbocycles. The predicted octanol–water partition coefficient (Wildman–Crippen LogP) is 3.41. The van der Waals surface area contributed by atoms with Crippen molar-refractivity contribution < 1.29 is 27.5 Å². The fourth-order valence-electron chi connectivity index (χ4n) is 3.01. The van der Waals surface area contributed by atoms with Gasteiger partial charge >= 0.3 is 11.9 Å². The highest BCUT2D eigenvalue weighted by atomic mass is 32.2. The molecule has 0 amide bonds. The number of rotatable bonds is 0. The average Bonchev–Trinajstić information content (AvgIpc) is 2.84. The van der Waals surface area contributed by atoms with Crippen molar-refractivity contribution in [2.24, 2.45) is 0 Å². The molecule has 0 fully saturated rings. The fraction of sp³-hybridized carbons (Fsp3) is 0.214. The zero-order valence-corrected chi connectivity index (χ0v) is 19.8. The summed E-state index contributed by atoms with van der Waals surface area (Å²) >= 11 is 0. The molecule has 1 aliphatic heterocycles. The molecule has 0 aromatic heterocycles. The molecule has 0 saturated heterocycles. The third-order valence-electron chi connectivity index (χ3n) is 4.78. The fourth-order valence-corrected chi connectivity index (χ4v) is 3.69. The van der Waals surface area contributed by atoms with Crippen LogP contribution in [0.5, 0.6) is 0 Å². The topological polar surface area (TPSA) is 86.7 Å². The lowest BCUT2D eigenvalue weighted by molar-refractivity contribution is -0.140. The molecular formula is C28H24O6S. The van der Waals surface area contributed by atoms with Crippen LogP contribution in [-0.2, 0) is 28.9 Å². The van der Waals surface area contributed by atoms with Crippen molar-refractivity contribution in [2.75, 3.05) is 24.7 Å². The monoisotopic (exact) mass is 488 g/mol. The number of fused-ring (bicyclic) bond motifs is 2. The number of hydrogen-bond acceptors (Lipinski definition) is 6. The van der Waals surface area contributed by atoms with Gasteiger partial charge in [0.1, 0.15) is 11.5 Å². The quantitative estimate of drug-likeness (QED) is 0.417. The molecule has 3 rings (SSSR count). The standard InChI is InChI=1S/C28H24O6S/c29-27-17-15-25-11-3-1-9-23(25)13-7-21-35(31,32)22-8-14-24-10-2-4-12-26(24)16-18-28(30)34-20-6-5-19-33-27/h1-4,9-12,15-18H,5-6,19-22H2/b17-15+,18-16+. The summed E-state index contributed by atoms with van der Waals surface area (Å²) in [6.45, 7) is 0.393. The molecule has 6 nitrogen and oxygen atoms in total. The first-order valence-electron chi connectivity index (χ1n) is 11.0. The van der Waals surface area contributed by atoms with Crippen LogP contribution in [0.15, 0.2) is 60.7 Å². The predicted molar refractivity (Wildman–Crippen MR) is 135 cm³/mol. The Hall–Kier alpha value is -4.07. The minimum atomic E-state index is -3.54. The molecule has 1 heterocycles. The molecule has 0 unspecified atom stereocenters. The van der Waals surface area contributed by atoms with Gasteiger partial charge in [0, 0.05) is 23.3 Å². The van der Waals surface area contributed by atoms with Gasteiger partial charge in [-0.3, -0.25) is 0 Å².